The molecule has 0 saturated carbocycles. The van der Waals surface area contributed by atoms with Gasteiger partial charge in [-0.2, -0.15) is 0 Å². The minimum Gasteiger partial charge on any atom is -0.468 e. The number of ether oxygens (including phenoxy) is 1. The Morgan fingerprint density at radius 3 is 2.34 bits per heavy atom. The van der Waals surface area contributed by atoms with Gasteiger partial charge in [-0.15, -0.1) is 0 Å². The van der Waals surface area contributed by atoms with Gasteiger partial charge in [0.05, 0.1) is 30.2 Å². The van der Waals surface area contributed by atoms with Gasteiger partial charge in [-0.05, 0) is 42.7 Å². The first-order chi connectivity index (χ1) is 13.9. The summed E-state index contributed by atoms with van der Waals surface area (Å²) in [6, 6.07) is 16.1. The van der Waals surface area contributed by atoms with E-state index in [-0.39, 0.29) is 11.8 Å². The second-order valence-corrected chi connectivity index (χ2v) is 8.31. The van der Waals surface area contributed by atoms with Gasteiger partial charge in [-0.25, -0.2) is 4.90 Å². The van der Waals surface area contributed by atoms with Gasteiger partial charge in [0.15, 0.2) is 0 Å². The van der Waals surface area contributed by atoms with E-state index in [0.29, 0.717) is 23.6 Å². The molecule has 3 fully saturated rings. The molecule has 6 nitrogen and oxygen atoms in total. The zero-order valence-electron chi connectivity index (χ0n) is 15.7. The molecule has 2 aromatic rings. The summed E-state index contributed by atoms with van der Waals surface area (Å²) in [5.74, 6) is -2.66. The fraction of sp³-hybridized carbons (Fsp3) is 0.318. The summed E-state index contributed by atoms with van der Waals surface area (Å²) >= 11 is 6.06. The molecule has 4 atom stereocenters. The van der Waals surface area contributed by atoms with Gasteiger partial charge in [0.1, 0.15) is 5.54 Å². The Kier molecular flexibility index (Phi) is 3.89. The number of fused-ring (bicyclic) bond motifs is 5. The van der Waals surface area contributed by atoms with E-state index in [2.05, 4.69) is 5.32 Å². The molecule has 3 aliphatic rings. The van der Waals surface area contributed by atoms with E-state index in [4.69, 9.17) is 16.3 Å². The highest BCUT2D eigenvalue weighted by atomic mass is 35.5. The van der Waals surface area contributed by atoms with Gasteiger partial charge in [0.2, 0.25) is 11.8 Å². The molecule has 7 heteroatoms. The number of carbonyl (C=O) groups is 3. The van der Waals surface area contributed by atoms with Crippen molar-refractivity contribution in [2.24, 2.45) is 11.8 Å². The van der Waals surface area contributed by atoms with Crippen LogP contribution in [0.1, 0.15) is 18.4 Å². The maximum Gasteiger partial charge on any atom is 0.326 e. The summed E-state index contributed by atoms with van der Waals surface area (Å²) in [7, 11) is 1.31. The summed E-state index contributed by atoms with van der Waals surface area (Å²) in [5, 5.41) is 3.97. The van der Waals surface area contributed by atoms with Crippen LogP contribution in [0.5, 0.6) is 0 Å². The lowest BCUT2D eigenvalue weighted by molar-refractivity contribution is -0.152. The average Bonchev–Trinajstić information content (AvgIpc) is 3.37. The summed E-state index contributed by atoms with van der Waals surface area (Å²) in [5.41, 5.74) is -0.673. The third kappa shape index (κ3) is 2.24. The molecule has 0 spiro atoms. The highest BCUT2D eigenvalue weighted by molar-refractivity contribution is 6.30. The van der Waals surface area contributed by atoms with Crippen LogP contribution >= 0.6 is 11.6 Å². The van der Waals surface area contributed by atoms with E-state index in [9.17, 15) is 14.4 Å². The molecule has 0 radical (unpaired) electrons. The van der Waals surface area contributed by atoms with E-state index in [0.717, 1.165) is 5.56 Å². The van der Waals surface area contributed by atoms with Crippen molar-refractivity contribution in [1.82, 2.24) is 5.32 Å². The largest absolute Gasteiger partial charge is 0.468 e. The number of hydrogen-bond donors (Lipinski definition) is 1. The standard InChI is InChI=1S/C22H19ClN2O4/c1-29-20(28)22-12-11-21(24-22,13-7-9-14(23)10-8-13)16-17(22)19(27)25(18(16)26)15-5-3-2-4-6-15/h2-10,16-17,24H,11-12H2,1H3/t16-,17+,21+,22+/m0/s1. The van der Waals surface area contributed by atoms with Gasteiger partial charge >= 0.3 is 5.97 Å². The second kappa shape index (κ2) is 6.15. The van der Waals surface area contributed by atoms with E-state index < -0.39 is 28.9 Å². The van der Waals surface area contributed by atoms with Crippen LogP contribution in [0.25, 0.3) is 0 Å². The molecule has 3 saturated heterocycles. The third-order valence-corrected chi connectivity index (χ3v) is 6.90. The lowest BCUT2D eigenvalue weighted by Crippen LogP contribution is -2.54. The maximum atomic E-state index is 13.6. The van der Waals surface area contributed by atoms with Crippen molar-refractivity contribution in [2.45, 2.75) is 23.9 Å². The monoisotopic (exact) mass is 410 g/mol. The number of hydrogen-bond acceptors (Lipinski definition) is 5. The molecular weight excluding hydrogens is 392 g/mol. The highest BCUT2D eigenvalue weighted by Gasteiger charge is 2.77. The smallest absolute Gasteiger partial charge is 0.326 e. The van der Waals surface area contributed by atoms with Crippen LogP contribution < -0.4 is 10.2 Å². The second-order valence-electron chi connectivity index (χ2n) is 7.87. The minimum atomic E-state index is -1.21. The lowest BCUT2D eigenvalue weighted by atomic mass is 9.65. The van der Waals surface area contributed by atoms with Crippen LogP contribution in [0.2, 0.25) is 5.02 Å². The average molecular weight is 411 g/mol. The van der Waals surface area contributed by atoms with Crippen molar-refractivity contribution < 1.29 is 19.1 Å². The summed E-state index contributed by atoms with van der Waals surface area (Å²) in [6.45, 7) is 0. The number of rotatable bonds is 3. The number of esters is 1. The molecule has 2 bridgehead atoms. The van der Waals surface area contributed by atoms with Crippen molar-refractivity contribution in [1.29, 1.82) is 0 Å². The van der Waals surface area contributed by atoms with E-state index >= 15 is 0 Å². The number of halogens is 1. The fourth-order valence-corrected chi connectivity index (χ4v) is 5.61. The van der Waals surface area contributed by atoms with Gasteiger partial charge in [-0.1, -0.05) is 41.9 Å². The van der Waals surface area contributed by atoms with Crippen LogP contribution in [0.15, 0.2) is 54.6 Å². The Bertz CT molecular complexity index is 1020. The van der Waals surface area contributed by atoms with Crippen molar-refractivity contribution in [3.63, 3.8) is 0 Å². The Hall–Kier alpha value is -2.70. The number of carbonyl (C=O) groups excluding carboxylic acids is 3. The van der Waals surface area contributed by atoms with Crippen molar-refractivity contribution in [3.05, 3.63) is 65.2 Å². The summed E-state index contributed by atoms with van der Waals surface area (Å²) < 4.78 is 5.08. The predicted molar refractivity (Wildman–Crippen MR) is 106 cm³/mol. The Morgan fingerprint density at radius 2 is 1.69 bits per heavy atom. The molecule has 0 aromatic heterocycles. The highest BCUT2D eigenvalue weighted by Crippen LogP contribution is 2.61. The number of amides is 2. The van der Waals surface area contributed by atoms with Crippen molar-refractivity contribution >= 4 is 35.1 Å². The van der Waals surface area contributed by atoms with Gasteiger partial charge < -0.3 is 4.74 Å². The van der Waals surface area contributed by atoms with Crippen molar-refractivity contribution in [2.75, 3.05) is 12.0 Å². The quantitative estimate of drug-likeness (QED) is 0.622. The molecule has 2 amide bonds. The van der Waals surface area contributed by atoms with Crippen LogP contribution in [0.4, 0.5) is 5.69 Å². The number of imide groups is 1. The zero-order valence-corrected chi connectivity index (χ0v) is 16.5. The molecule has 2 aromatic carbocycles. The number of benzene rings is 2. The molecule has 0 aliphatic carbocycles. The Balaban J connectivity index is 1.69. The predicted octanol–water partition coefficient (Wildman–Crippen LogP) is 2.65. The van der Waals surface area contributed by atoms with Crippen LogP contribution in [0, 0.1) is 11.8 Å². The SMILES string of the molecule is COC(=O)[C@]12CC[C@](c3ccc(Cl)cc3)(N1)[C@@H]1C(=O)N(c3ccccc3)C(=O)[C@@H]12. The first-order valence-corrected chi connectivity index (χ1v) is 9.89. The Labute approximate surface area is 172 Å². The van der Waals surface area contributed by atoms with E-state index in [1.807, 2.05) is 18.2 Å². The number of nitrogens with zero attached hydrogens (tertiary/aromatic N) is 1. The molecular formula is C22H19ClN2O4. The number of para-hydroxylation sites is 1. The summed E-state index contributed by atoms with van der Waals surface area (Å²) in [6.07, 6.45) is 0.970. The number of anilines is 1. The number of nitrogens with one attached hydrogen (secondary N) is 1. The van der Waals surface area contributed by atoms with Crippen LogP contribution in [-0.2, 0) is 24.7 Å². The van der Waals surface area contributed by atoms with Crippen molar-refractivity contribution in [3.8, 4) is 0 Å². The summed E-state index contributed by atoms with van der Waals surface area (Å²) in [4.78, 5) is 41.1. The topological polar surface area (TPSA) is 75.7 Å². The van der Waals surface area contributed by atoms with E-state index in [1.165, 1.54) is 12.0 Å². The molecule has 1 N–H and O–H groups in total. The maximum absolute atomic E-state index is 13.6. The molecule has 148 valence electrons. The Morgan fingerprint density at radius 1 is 1.03 bits per heavy atom. The third-order valence-electron chi connectivity index (χ3n) is 6.65. The van der Waals surface area contributed by atoms with Crippen LogP contribution in [0.3, 0.4) is 0 Å². The molecule has 0 unspecified atom stereocenters. The normalized spacial score (nSPS) is 32.6. The molecule has 3 heterocycles. The zero-order chi connectivity index (χ0) is 20.4. The minimum absolute atomic E-state index is 0.292. The van der Waals surface area contributed by atoms with Gasteiger partial charge in [0.25, 0.3) is 0 Å². The molecule has 3 aliphatic heterocycles. The molecule has 5 rings (SSSR count). The molecule has 29 heavy (non-hydrogen) atoms. The van der Waals surface area contributed by atoms with Crippen LogP contribution in [-0.4, -0.2) is 30.4 Å². The number of methoxy groups -OCH3 is 1. The first kappa shape index (κ1) is 18.3. The fourth-order valence-electron chi connectivity index (χ4n) is 5.48. The van der Waals surface area contributed by atoms with Gasteiger partial charge in [-0.3, -0.25) is 19.7 Å². The first-order valence-electron chi connectivity index (χ1n) is 9.51. The lowest BCUT2D eigenvalue weighted by Gasteiger charge is -2.33. The van der Waals surface area contributed by atoms with E-state index in [1.54, 1.807) is 36.4 Å². The van der Waals surface area contributed by atoms with Gasteiger partial charge in [0, 0.05) is 5.02 Å².